The molecule has 5 rings (SSSR count). The van der Waals surface area contributed by atoms with E-state index in [1.54, 1.807) is 7.05 Å². The Hall–Kier alpha value is -3.05. The molecule has 1 aromatic carbocycles. The Morgan fingerprint density at radius 1 is 1.16 bits per heavy atom. The first-order valence-corrected chi connectivity index (χ1v) is 11.1. The fourth-order valence-corrected chi connectivity index (χ4v) is 4.49. The van der Waals surface area contributed by atoms with E-state index in [0.717, 1.165) is 23.3 Å². The Morgan fingerprint density at radius 3 is 2.77 bits per heavy atom. The summed E-state index contributed by atoms with van der Waals surface area (Å²) in [6, 6.07) is 7.67. The number of nitrogens with zero attached hydrogens (tertiary/aromatic N) is 5. The van der Waals surface area contributed by atoms with Crippen molar-refractivity contribution in [1.29, 1.82) is 0 Å². The highest BCUT2D eigenvalue weighted by molar-refractivity contribution is 7.99. The maximum Gasteiger partial charge on any atom is 0.329 e. The van der Waals surface area contributed by atoms with Gasteiger partial charge in [0.2, 0.25) is 5.95 Å². The minimum Gasteiger partial charge on any atom is -0.431 e. The van der Waals surface area contributed by atoms with Crippen molar-refractivity contribution in [3.63, 3.8) is 0 Å². The van der Waals surface area contributed by atoms with Crippen LogP contribution >= 0.6 is 11.8 Å². The van der Waals surface area contributed by atoms with Crippen LogP contribution in [0.2, 0.25) is 0 Å². The molecule has 0 saturated carbocycles. The number of nitrogens with one attached hydrogen (secondary N) is 1. The molecular weight excluding hydrogens is 420 g/mol. The van der Waals surface area contributed by atoms with Gasteiger partial charge in [-0.15, -0.1) is 0 Å². The van der Waals surface area contributed by atoms with E-state index >= 15 is 0 Å². The Balaban J connectivity index is 1.40. The molecule has 0 radical (unpaired) electrons. The van der Waals surface area contributed by atoms with Crippen molar-refractivity contribution in [2.75, 3.05) is 37.0 Å². The number of H-pyrrole nitrogens is 1. The molecule has 162 valence electrons. The number of oxazole rings is 1. The number of aryl methyl sites for hydroxylation is 2. The number of hydrogen-bond acceptors (Lipinski definition) is 8. The fraction of sp³-hybridized carbons (Fsp3) is 0.400. The maximum atomic E-state index is 12.6. The van der Waals surface area contributed by atoms with Crippen molar-refractivity contribution in [2.24, 2.45) is 7.05 Å². The Kier molecular flexibility index (Phi) is 5.28. The molecule has 0 aliphatic carbocycles. The predicted octanol–water partition coefficient (Wildman–Crippen LogP) is 1.58. The van der Waals surface area contributed by atoms with Crippen LogP contribution in [0.3, 0.4) is 0 Å². The highest BCUT2D eigenvalue weighted by atomic mass is 32.2. The standard InChI is InChI=1S/C20H22N6O4S/c1-24-16-15(17(27)23-19(24)28)26(18(22-16)25-8-10-29-11-9-25)7-4-12-31-20-21-13-5-2-3-6-14(13)30-20/h2-3,5-6H,4,7-12H2,1H3,(H,23,27,28). The molecule has 0 unspecified atom stereocenters. The zero-order chi connectivity index (χ0) is 21.4. The van der Waals surface area contributed by atoms with Crippen molar-refractivity contribution in [3.8, 4) is 0 Å². The van der Waals surface area contributed by atoms with Gasteiger partial charge in [-0.25, -0.2) is 9.78 Å². The number of para-hydroxylation sites is 2. The van der Waals surface area contributed by atoms with Crippen molar-refractivity contribution < 1.29 is 9.15 Å². The molecule has 1 aliphatic rings. The number of imidazole rings is 1. The molecule has 10 nitrogen and oxygen atoms in total. The topological polar surface area (TPSA) is 111 Å². The minimum absolute atomic E-state index is 0.391. The van der Waals surface area contributed by atoms with Gasteiger partial charge in [0.25, 0.3) is 10.8 Å². The fourth-order valence-electron chi connectivity index (χ4n) is 3.73. The van der Waals surface area contributed by atoms with Crippen LogP contribution in [-0.4, -0.2) is 56.1 Å². The summed E-state index contributed by atoms with van der Waals surface area (Å²) in [5.41, 5.74) is 1.52. The summed E-state index contributed by atoms with van der Waals surface area (Å²) in [5, 5.41) is 0.630. The van der Waals surface area contributed by atoms with E-state index in [1.807, 2.05) is 28.8 Å². The second-order valence-corrected chi connectivity index (χ2v) is 8.35. The first kappa shape index (κ1) is 19.9. The molecule has 31 heavy (non-hydrogen) atoms. The monoisotopic (exact) mass is 442 g/mol. The molecule has 1 aliphatic heterocycles. The Bertz CT molecular complexity index is 1310. The van der Waals surface area contributed by atoms with Crippen LogP contribution in [-0.2, 0) is 18.3 Å². The molecule has 0 atom stereocenters. The maximum absolute atomic E-state index is 12.6. The summed E-state index contributed by atoms with van der Waals surface area (Å²) < 4.78 is 14.5. The number of aromatic nitrogens is 5. The average molecular weight is 443 g/mol. The molecule has 0 bridgehead atoms. The molecule has 1 N–H and O–H groups in total. The van der Waals surface area contributed by atoms with Crippen LogP contribution < -0.4 is 16.1 Å². The van der Waals surface area contributed by atoms with Crippen LogP contribution in [0.1, 0.15) is 6.42 Å². The van der Waals surface area contributed by atoms with Crippen LogP contribution in [0.15, 0.2) is 43.5 Å². The summed E-state index contributed by atoms with van der Waals surface area (Å²) in [6.07, 6.45) is 0.772. The lowest BCUT2D eigenvalue weighted by Crippen LogP contribution is -2.38. The number of thioether (sulfide) groups is 1. The van der Waals surface area contributed by atoms with Crippen molar-refractivity contribution in [2.45, 2.75) is 18.2 Å². The summed E-state index contributed by atoms with van der Waals surface area (Å²) in [7, 11) is 1.62. The van der Waals surface area contributed by atoms with Gasteiger partial charge in [0, 0.05) is 32.4 Å². The highest BCUT2D eigenvalue weighted by Gasteiger charge is 2.22. The Labute approximate surface area is 180 Å². The summed E-state index contributed by atoms with van der Waals surface area (Å²) in [4.78, 5) is 38.3. The number of benzene rings is 1. The van der Waals surface area contributed by atoms with E-state index in [4.69, 9.17) is 9.15 Å². The van der Waals surface area contributed by atoms with Crippen LogP contribution in [0.25, 0.3) is 22.3 Å². The summed E-state index contributed by atoms with van der Waals surface area (Å²) in [6.45, 7) is 3.16. The molecule has 1 fully saturated rings. The minimum atomic E-state index is -0.470. The second-order valence-electron chi connectivity index (χ2n) is 7.30. The number of morpholine rings is 1. The smallest absolute Gasteiger partial charge is 0.329 e. The largest absolute Gasteiger partial charge is 0.431 e. The van der Waals surface area contributed by atoms with Crippen LogP contribution in [0.5, 0.6) is 0 Å². The van der Waals surface area contributed by atoms with Gasteiger partial charge in [-0.05, 0) is 18.6 Å². The Morgan fingerprint density at radius 2 is 1.97 bits per heavy atom. The number of ether oxygens (including phenoxy) is 1. The third kappa shape index (κ3) is 3.74. The molecule has 0 spiro atoms. The summed E-state index contributed by atoms with van der Waals surface area (Å²) >= 11 is 1.54. The van der Waals surface area contributed by atoms with E-state index in [2.05, 4.69) is 19.9 Å². The number of anilines is 1. The number of hydrogen-bond donors (Lipinski definition) is 1. The van der Waals surface area contributed by atoms with E-state index in [9.17, 15) is 9.59 Å². The average Bonchev–Trinajstić information content (AvgIpc) is 3.37. The van der Waals surface area contributed by atoms with E-state index < -0.39 is 11.2 Å². The van der Waals surface area contributed by atoms with Crippen molar-refractivity contribution in [3.05, 3.63) is 45.1 Å². The molecule has 1 saturated heterocycles. The normalized spacial score (nSPS) is 14.7. The molecule has 11 heteroatoms. The van der Waals surface area contributed by atoms with Gasteiger partial charge >= 0.3 is 5.69 Å². The quantitative estimate of drug-likeness (QED) is 0.354. The number of aromatic amines is 1. The van der Waals surface area contributed by atoms with Gasteiger partial charge in [-0.1, -0.05) is 23.9 Å². The molecule has 3 aromatic heterocycles. The second kappa shape index (κ2) is 8.23. The lowest BCUT2D eigenvalue weighted by molar-refractivity contribution is 0.121. The number of rotatable bonds is 6. The first-order chi connectivity index (χ1) is 15.1. The van der Waals surface area contributed by atoms with Crippen molar-refractivity contribution >= 4 is 40.0 Å². The molecular formula is C20H22N6O4S. The lowest BCUT2D eigenvalue weighted by Gasteiger charge is -2.28. The third-order valence-electron chi connectivity index (χ3n) is 5.31. The van der Waals surface area contributed by atoms with Crippen LogP contribution in [0.4, 0.5) is 5.95 Å². The summed E-state index contributed by atoms with van der Waals surface area (Å²) in [5.74, 6) is 1.45. The molecule has 4 aromatic rings. The lowest BCUT2D eigenvalue weighted by atomic mass is 10.3. The SMILES string of the molecule is Cn1c(=O)[nH]c(=O)c2c1nc(N1CCOCC1)n2CCCSc1nc2ccccc2o1. The van der Waals surface area contributed by atoms with Crippen molar-refractivity contribution in [1.82, 2.24) is 24.1 Å². The first-order valence-electron chi connectivity index (χ1n) is 10.1. The molecule has 4 heterocycles. The zero-order valence-electron chi connectivity index (χ0n) is 17.0. The number of fused-ring (bicyclic) bond motifs is 2. The third-order valence-corrected chi connectivity index (χ3v) is 6.22. The van der Waals surface area contributed by atoms with Gasteiger partial charge in [-0.3, -0.25) is 14.3 Å². The predicted molar refractivity (Wildman–Crippen MR) is 118 cm³/mol. The van der Waals surface area contributed by atoms with E-state index in [1.165, 1.54) is 16.3 Å². The van der Waals surface area contributed by atoms with E-state index in [0.29, 0.717) is 55.2 Å². The van der Waals surface area contributed by atoms with Gasteiger partial charge in [0.15, 0.2) is 16.7 Å². The van der Waals surface area contributed by atoms with E-state index in [-0.39, 0.29) is 0 Å². The van der Waals surface area contributed by atoms with Gasteiger partial charge < -0.3 is 18.6 Å². The molecule has 0 amide bonds. The highest BCUT2D eigenvalue weighted by Crippen LogP contribution is 2.25. The zero-order valence-corrected chi connectivity index (χ0v) is 17.9. The van der Waals surface area contributed by atoms with Gasteiger partial charge in [0.1, 0.15) is 5.52 Å². The van der Waals surface area contributed by atoms with Crippen LogP contribution in [0, 0.1) is 0 Å². The van der Waals surface area contributed by atoms with Gasteiger partial charge in [0.05, 0.1) is 13.2 Å². The van der Waals surface area contributed by atoms with Gasteiger partial charge in [-0.2, -0.15) is 4.98 Å².